The van der Waals surface area contributed by atoms with Crippen molar-refractivity contribution in [2.75, 3.05) is 0 Å². The zero-order chi connectivity index (χ0) is 14.7. The molecule has 0 bridgehead atoms. The molecule has 102 valence electrons. The van der Waals surface area contributed by atoms with Crippen molar-refractivity contribution in [3.63, 3.8) is 0 Å². The Morgan fingerprint density at radius 3 is 2.45 bits per heavy atom. The molecule has 0 saturated carbocycles. The van der Waals surface area contributed by atoms with E-state index in [1.165, 1.54) is 5.56 Å². The fraction of sp³-hybridized carbons (Fsp3) is 0.235. The normalized spacial score (nSPS) is 11.8. The van der Waals surface area contributed by atoms with Gasteiger partial charge >= 0.3 is 0 Å². The molecule has 0 aliphatic rings. The zero-order valence-electron chi connectivity index (χ0n) is 11.8. The topological polar surface area (TPSA) is 53.2 Å². The molecule has 20 heavy (non-hydrogen) atoms. The first-order valence-electron chi connectivity index (χ1n) is 6.48. The number of benzene rings is 2. The second kappa shape index (κ2) is 5.77. The summed E-state index contributed by atoms with van der Waals surface area (Å²) in [5.41, 5.74) is 3.51. The van der Waals surface area contributed by atoms with E-state index in [-0.39, 0.29) is 0 Å². The largest absolute Gasteiger partial charge is 0.457 e. The van der Waals surface area contributed by atoms with Crippen LogP contribution in [0.2, 0.25) is 0 Å². The van der Waals surface area contributed by atoms with E-state index in [4.69, 9.17) is 10.00 Å². The summed E-state index contributed by atoms with van der Waals surface area (Å²) in [7, 11) is 0. The van der Waals surface area contributed by atoms with Crippen molar-refractivity contribution >= 4 is 0 Å². The van der Waals surface area contributed by atoms with Gasteiger partial charge in [-0.1, -0.05) is 12.1 Å². The van der Waals surface area contributed by atoms with E-state index in [0.29, 0.717) is 22.6 Å². The number of nitrogens with zero attached hydrogens (tertiary/aromatic N) is 1. The summed E-state index contributed by atoms with van der Waals surface area (Å²) in [5, 5.41) is 18.8. The van der Waals surface area contributed by atoms with Gasteiger partial charge in [0.2, 0.25) is 0 Å². The van der Waals surface area contributed by atoms with Crippen LogP contribution in [-0.2, 0) is 0 Å². The van der Waals surface area contributed by atoms with Gasteiger partial charge in [0.1, 0.15) is 11.5 Å². The highest BCUT2D eigenvalue weighted by Gasteiger charge is 2.11. The smallest absolute Gasteiger partial charge is 0.134 e. The molecule has 0 aliphatic heterocycles. The van der Waals surface area contributed by atoms with Crippen LogP contribution in [0.15, 0.2) is 36.4 Å². The number of rotatable bonds is 3. The van der Waals surface area contributed by atoms with Crippen LogP contribution in [0.3, 0.4) is 0 Å². The van der Waals surface area contributed by atoms with E-state index in [9.17, 15) is 5.11 Å². The third kappa shape index (κ3) is 2.98. The van der Waals surface area contributed by atoms with Crippen LogP contribution < -0.4 is 4.74 Å². The molecule has 0 saturated heterocycles. The van der Waals surface area contributed by atoms with Crippen molar-refractivity contribution in [3.05, 3.63) is 58.7 Å². The summed E-state index contributed by atoms with van der Waals surface area (Å²) in [6.45, 7) is 5.73. The van der Waals surface area contributed by atoms with E-state index in [1.807, 2.05) is 32.0 Å². The van der Waals surface area contributed by atoms with Crippen molar-refractivity contribution < 1.29 is 9.84 Å². The van der Waals surface area contributed by atoms with Gasteiger partial charge in [0.05, 0.1) is 17.7 Å². The summed E-state index contributed by atoms with van der Waals surface area (Å²) < 4.78 is 5.84. The number of hydrogen-bond acceptors (Lipinski definition) is 3. The molecule has 1 atom stereocenters. The summed E-state index contributed by atoms with van der Waals surface area (Å²) in [6, 6.07) is 12.9. The van der Waals surface area contributed by atoms with Gasteiger partial charge in [-0.2, -0.15) is 5.26 Å². The van der Waals surface area contributed by atoms with Gasteiger partial charge in [-0.25, -0.2) is 0 Å². The minimum absolute atomic E-state index is 0.508. The minimum Gasteiger partial charge on any atom is -0.457 e. The number of ether oxygens (including phenoxy) is 1. The van der Waals surface area contributed by atoms with Gasteiger partial charge in [-0.15, -0.1) is 0 Å². The SMILES string of the molecule is Cc1ccc(Oc2cc(C#N)ccc2C(C)O)cc1C. The third-order valence-corrected chi connectivity index (χ3v) is 3.30. The number of aliphatic hydroxyl groups is 1. The van der Waals surface area contributed by atoms with Crippen LogP contribution >= 0.6 is 0 Å². The highest BCUT2D eigenvalue weighted by molar-refractivity contribution is 5.46. The van der Waals surface area contributed by atoms with Gasteiger partial charge < -0.3 is 9.84 Å². The standard InChI is InChI=1S/C17H17NO2/c1-11-4-6-15(8-12(11)2)20-17-9-14(10-18)5-7-16(17)13(3)19/h4-9,13,19H,1-3H3. The molecule has 1 N–H and O–H groups in total. The second-order valence-corrected chi connectivity index (χ2v) is 4.89. The quantitative estimate of drug-likeness (QED) is 0.913. The van der Waals surface area contributed by atoms with Gasteiger partial charge in [-0.3, -0.25) is 0 Å². The predicted octanol–water partition coefficient (Wildman–Crippen LogP) is 4.02. The Morgan fingerprint density at radius 1 is 1.10 bits per heavy atom. The van der Waals surface area contributed by atoms with Crippen molar-refractivity contribution in [1.82, 2.24) is 0 Å². The van der Waals surface area contributed by atoms with Crippen molar-refractivity contribution in [1.29, 1.82) is 5.26 Å². The fourth-order valence-electron chi connectivity index (χ4n) is 1.94. The first-order chi connectivity index (χ1) is 9.51. The fourth-order valence-corrected chi connectivity index (χ4v) is 1.94. The minimum atomic E-state index is -0.649. The maximum atomic E-state index is 9.78. The molecular formula is C17H17NO2. The second-order valence-electron chi connectivity index (χ2n) is 4.89. The van der Waals surface area contributed by atoms with E-state index >= 15 is 0 Å². The number of aliphatic hydroxyl groups excluding tert-OH is 1. The number of nitriles is 1. The lowest BCUT2D eigenvalue weighted by atomic mass is 10.1. The van der Waals surface area contributed by atoms with Crippen molar-refractivity contribution in [2.24, 2.45) is 0 Å². The maximum absolute atomic E-state index is 9.78. The van der Waals surface area contributed by atoms with E-state index < -0.39 is 6.10 Å². The van der Waals surface area contributed by atoms with E-state index in [1.54, 1.807) is 25.1 Å². The maximum Gasteiger partial charge on any atom is 0.134 e. The molecule has 0 fully saturated rings. The summed E-state index contributed by atoms with van der Waals surface area (Å²) in [6.07, 6.45) is -0.649. The van der Waals surface area contributed by atoms with Gasteiger partial charge in [0, 0.05) is 5.56 Å². The summed E-state index contributed by atoms with van der Waals surface area (Å²) in [5.74, 6) is 1.22. The van der Waals surface area contributed by atoms with Crippen LogP contribution in [0, 0.1) is 25.2 Å². The molecule has 1 unspecified atom stereocenters. The predicted molar refractivity (Wildman–Crippen MR) is 77.8 cm³/mol. The number of hydrogen-bond donors (Lipinski definition) is 1. The van der Waals surface area contributed by atoms with E-state index in [0.717, 1.165) is 5.56 Å². The van der Waals surface area contributed by atoms with Crippen LogP contribution in [0.4, 0.5) is 0 Å². The lowest BCUT2D eigenvalue weighted by Gasteiger charge is -2.14. The average Bonchev–Trinajstić information content (AvgIpc) is 2.42. The highest BCUT2D eigenvalue weighted by Crippen LogP contribution is 2.31. The van der Waals surface area contributed by atoms with E-state index in [2.05, 4.69) is 6.07 Å². The zero-order valence-corrected chi connectivity index (χ0v) is 11.8. The van der Waals surface area contributed by atoms with Crippen molar-refractivity contribution in [3.8, 4) is 17.6 Å². The molecule has 3 nitrogen and oxygen atoms in total. The van der Waals surface area contributed by atoms with Crippen LogP contribution in [-0.4, -0.2) is 5.11 Å². The Bertz CT molecular complexity index is 669. The van der Waals surface area contributed by atoms with Crippen molar-refractivity contribution in [2.45, 2.75) is 26.9 Å². The van der Waals surface area contributed by atoms with Gasteiger partial charge in [-0.05, 0) is 56.2 Å². The Balaban J connectivity index is 2.40. The van der Waals surface area contributed by atoms with Crippen LogP contribution in [0.25, 0.3) is 0 Å². The molecule has 2 aromatic rings. The Labute approximate surface area is 119 Å². The third-order valence-electron chi connectivity index (χ3n) is 3.30. The monoisotopic (exact) mass is 267 g/mol. The molecular weight excluding hydrogens is 250 g/mol. The Morgan fingerprint density at radius 2 is 1.85 bits per heavy atom. The summed E-state index contributed by atoms with van der Waals surface area (Å²) in [4.78, 5) is 0. The molecule has 0 aliphatic carbocycles. The van der Waals surface area contributed by atoms with Crippen LogP contribution in [0.5, 0.6) is 11.5 Å². The molecule has 0 heterocycles. The Hall–Kier alpha value is -2.31. The van der Waals surface area contributed by atoms with Gasteiger partial charge in [0.15, 0.2) is 0 Å². The average molecular weight is 267 g/mol. The van der Waals surface area contributed by atoms with Gasteiger partial charge in [0.25, 0.3) is 0 Å². The number of aryl methyl sites for hydroxylation is 2. The first kappa shape index (κ1) is 14.1. The first-order valence-corrected chi connectivity index (χ1v) is 6.48. The lowest BCUT2D eigenvalue weighted by molar-refractivity contribution is 0.195. The lowest BCUT2D eigenvalue weighted by Crippen LogP contribution is -1.97. The molecule has 0 radical (unpaired) electrons. The molecule has 2 aromatic carbocycles. The molecule has 0 amide bonds. The molecule has 0 spiro atoms. The summed E-state index contributed by atoms with van der Waals surface area (Å²) >= 11 is 0. The Kier molecular flexibility index (Phi) is 4.07. The molecule has 0 aromatic heterocycles. The molecule has 2 rings (SSSR count). The highest BCUT2D eigenvalue weighted by atomic mass is 16.5. The molecule has 3 heteroatoms. The van der Waals surface area contributed by atoms with Crippen LogP contribution in [0.1, 0.15) is 35.3 Å².